The zero-order valence-electron chi connectivity index (χ0n) is 9.47. The second-order valence-corrected chi connectivity index (χ2v) is 4.68. The Morgan fingerprint density at radius 2 is 2.47 bits per heavy atom. The molecule has 1 amide bonds. The number of carbonyl (C=O) groups is 1. The summed E-state index contributed by atoms with van der Waals surface area (Å²) >= 11 is 5.95. The number of pyridine rings is 1. The van der Waals surface area contributed by atoms with Crippen molar-refractivity contribution in [2.45, 2.75) is 12.8 Å². The molecule has 1 aliphatic rings. The monoisotopic (exact) mass is 254 g/mol. The molecule has 92 valence electrons. The van der Waals surface area contributed by atoms with Crippen molar-refractivity contribution in [2.75, 3.05) is 19.7 Å². The number of likely N-dealkylation sites (tertiary alicyclic amines) is 1. The first kappa shape index (κ1) is 12.3. The Bertz CT molecular complexity index is 411. The summed E-state index contributed by atoms with van der Waals surface area (Å²) in [5.74, 6) is 0.363. The molecule has 17 heavy (non-hydrogen) atoms. The lowest BCUT2D eigenvalue weighted by molar-refractivity contribution is 0.0785. The van der Waals surface area contributed by atoms with Crippen LogP contribution in [-0.4, -0.2) is 40.6 Å². The molecule has 0 aliphatic carbocycles. The number of halogens is 1. The van der Waals surface area contributed by atoms with Crippen molar-refractivity contribution in [3.63, 3.8) is 0 Å². The molecular weight excluding hydrogens is 240 g/mol. The van der Waals surface area contributed by atoms with Gasteiger partial charge in [0.15, 0.2) is 0 Å². The average Bonchev–Trinajstić information content (AvgIpc) is 2.78. The SMILES string of the molecule is O=C(c1ccncc1Cl)N1CCC(CCO)C1. The van der Waals surface area contributed by atoms with Gasteiger partial charge < -0.3 is 10.0 Å². The Hall–Kier alpha value is -1.13. The third kappa shape index (κ3) is 2.76. The van der Waals surface area contributed by atoms with Crippen LogP contribution in [0, 0.1) is 5.92 Å². The first-order valence-corrected chi connectivity index (χ1v) is 6.10. The van der Waals surface area contributed by atoms with E-state index in [-0.39, 0.29) is 12.5 Å². The molecule has 0 radical (unpaired) electrons. The molecule has 0 aromatic carbocycles. The molecule has 4 nitrogen and oxygen atoms in total. The minimum atomic E-state index is -0.0437. The molecule has 0 bridgehead atoms. The van der Waals surface area contributed by atoms with E-state index in [1.54, 1.807) is 17.2 Å². The zero-order valence-corrected chi connectivity index (χ0v) is 10.2. The maximum Gasteiger partial charge on any atom is 0.255 e. The number of aromatic nitrogens is 1. The fourth-order valence-electron chi connectivity index (χ4n) is 2.15. The highest BCUT2D eigenvalue weighted by atomic mass is 35.5. The molecule has 1 fully saturated rings. The Morgan fingerprint density at radius 1 is 1.65 bits per heavy atom. The predicted octanol–water partition coefficient (Wildman–Crippen LogP) is 1.58. The molecule has 0 saturated carbocycles. The summed E-state index contributed by atoms with van der Waals surface area (Å²) in [4.78, 5) is 17.8. The second-order valence-electron chi connectivity index (χ2n) is 4.27. The summed E-state index contributed by atoms with van der Waals surface area (Å²) < 4.78 is 0. The minimum absolute atomic E-state index is 0.0437. The Labute approximate surface area is 105 Å². The number of aliphatic hydroxyl groups excluding tert-OH is 1. The molecular formula is C12H15ClN2O2. The van der Waals surface area contributed by atoms with Crippen molar-refractivity contribution >= 4 is 17.5 Å². The zero-order chi connectivity index (χ0) is 12.3. The first-order valence-electron chi connectivity index (χ1n) is 5.72. The minimum Gasteiger partial charge on any atom is -0.396 e. The standard InChI is InChI=1S/C12H15ClN2O2/c13-11-7-14-4-1-10(11)12(17)15-5-2-9(8-15)3-6-16/h1,4,7,9,16H,2-3,5-6,8H2. The normalized spacial score (nSPS) is 19.6. The van der Waals surface area contributed by atoms with E-state index in [4.69, 9.17) is 16.7 Å². The van der Waals surface area contributed by atoms with E-state index in [1.807, 2.05) is 0 Å². The number of aliphatic hydroxyl groups is 1. The summed E-state index contributed by atoms with van der Waals surface area (Å²) in [6, 6.07) is 1.64. The van der Waals surface area contributed by atoms with Gasteiger partial charge in [-0.1, -0.05) is 11.6 Å². The largest absolute Gasteiger partial charge is 0.396 e. The summed E-state index contributed by atoms with van der Waals surface area (Å²) in [5, 5.41) is 9.27. The van der Waals surface area contributed by atoms with Gasteiger partial charge in [0.1, 0.15) is 0 Å². The quantitative estimate of drug-likeness (QED) is 0.891. The van der Waals surface area contributed by atoms with Crippen molar-refractivity contribution in [2.24, 2.45) is 5.92 Å². The molecule has 1 aliphatic heterocycles. The number of hydrogen-bond donors (Lipinski definition) is 1. The number of hydrogen-bond acceptors (Lipinski definition) is 3. The molecule has 0 spiro atoms. The maximum atomic E-state index is 12.2. The highest BCUT2D eigenvalue weighted by Crippen LogP contribution is 2.23. The van der Waals surface area contributed by atoms with Gasteiger partial charge in [-0.15, -0.1) is 0 Å². The third-order valence-electron chi connectivity index (χ3n) is 3.11. The molecule has 2 heterocycles. The van der Waals surface area contributed by atoms with Gasteiger partial charge in [-0.2, -0.15) is 0 Å². The van der Waals surface area contributed by atoms with Gasteiger partial charge >= 0.3 is 0 Å². The van der Waals surface area contributed by atoms with Crippen LogP contribution >= 0.6 is 11.6 Å². The number of amides is 1. The number of rotatable bonds is 3. The predicted molar refractivity (Wildman–Crippen MR) is 65.0 cm³/mol. The van der Waals surface area contributed by atoms with Crippen molar-refractivity contribution in [3.8, 4) is 0 Å². The summed E-state index contributed by atoms with van der Waals surface area (Å²) in [7, 11) is 0. The Balaban J connectivity index is 2.05. The van der Waals surface area contributed by atoms with Crippen molar-refractivity contribution < 1.29 is 9.90 Å². The molecule has 2 rings (SSSR count). The fourth-order valence-corrected chi connectivity index (χ4v) is 2.35. The van der Waals surface area contributed by atoms with Gasteiger partial charge in [-0.25, -0.2) is 0 Å². The van der Waals surface area contributed by atoms with Gasteiger partial charge in [0.2, 0.25) is 0 Å². The van der Waals surface area contributed by atoms with Crippen LogP contribution < -0.4 is 0 Å². The summed E-state index contributed by atoms with van der Waals surface area (Å²) in [6.45, 7) is 1.63. The molecule has 1 N–H and O–H groups in total. The Morgan fingerprint density at radius 3 is 3.18 bits per heavy atom. The van der Waals surface area contributed by atoms with E-state index >= 15 is 0 Å². The van der Waals surface area contributed by atoms with Crippen LogP contribution in [-0.2, 0) is 0 Å². The van der Waals surface area contributed by atoms with Gasteiger partial charge in [0.25, 0.3) is 5.91 Å². The lowest BCUT2D eigenvalue weighted by Crippen LogP contribution is -2.29. The van der Waals surface area contributed by atoms with Crippen LogP contribution in [0.25, 0.3) is 0 Å². The average molecular weight is 255 g/mol. The Kier molecular flexibility index (Phi) is 3.97. The van der Waals surface area contributed by atoms with E-state index < -0.39 is 0 Å². The molecule has 1 atom stereocenters. The van der Waals surface area contributed by atoms with E-state index in [1.165, 1.54) is 6.20 Å². The van der Waals surface area contributed by atoms with Gasteiger partial charge in [-0.3, -0.25) is 9.78 Å². The van der Waals surface area contributed by atoms with Crippen LogP contribution in [0.4, 0.5) is 0 Å². The van der Waals surface area contributed by atoms with Crippen LogP contribution in [0.15, 0.2) is 18.5 Å². The molecule has 1 aromatic heterocycles. The third-order valence-corrected chi connectivity index (χ3v) is 3.41. The number of nitrogens with zero attached hydrogens (tertiary/aromatic N) is 2. The second kappa shape index (κ2) is 5.47. The molecule has 5 heteroatoms. The molecule has 1 unspecified atom stereocenters. The highest BCUT2D eigenvalue weighted by molar-refractivity contribution is 6.33. The summed E-state index contributed by atoms with van der Waals surface area (Å²) in [5.41, 5.74) is 0.506. The first-order chi connectivity index (χ1) is 8.22. The van der Waals surface area contributed by atoms with Gasteiger partial charge in [0.05, 0.1) is 10.6 Å². The van der Waals surface area contributed by atoms with Crippen LogP contribution in [0.3, 0.4) is 0 Å². The van der Waals surface area contributed by atoms with Crippen molar-refractivity contribution in [1.29, 1.82) is 0 Å². The van der Waals surface area contributed by atoms with Gasteiger partial charge in [0, 0.05) is 32.1 Å². The topological polar surface area (TPSA) is 53.4 Å². The van der Waals surface area contributed by atoms with E-state index in [2.05, 4.69) is 4.98 Å². The van der Waals surface area contributed by atoms with Crippen molar-refractivity contribution in [3.05, 3.63) is 29.0 Å². The van der Waals surface area contributed by atoms with E-state index in [0.717, 1.165) is 19.4 Å². The van der Waals surface area contributed by atoms with Crippen LogP contribution in [0.5, 0.6) is 0 Å². The molecule has 1 saturated heterocycles. The lowest BCUT2D eigenvalue weighted by Gasteiger charge is -2.16. The van der Waals surface area contributed by atoms with Gasteiger partial charge in [-0.05, 0) is 24.8 Å². The van der Waals surface area contributed by atoms with Crippen LogP contribution in [0.2, 0.25) is 5.02 Å². The molecule has 1 aromatic rings. The maximum absolute atomic E-state index is 12.2. The van der Waals surface area contributed by atoms with E-state index in [9.17, 15) is 4.79 Å². The van der Waals surface area contributed by atoms with Crippen molar-refractivity contribution in [1.82, 2.24) is 9.88 Å². The van der Waals surface area contributed by atoms with E-state index in [0.29, 0.717) is 23.0 Å². The lowest BCUT2D eigenvalue weighted by atomic mass is 10.1. The smallest absolute Gasteiger partial charge is 0.255 e. The fraction of sp³-hybridized carbons (Fsp3) is 0.500. The highest BCUT2D eigenvalue weighted by Gasteiger charge is 2.27. The summed E-state index contributed by atoms with van der Waals surface area (Å²) in [6.07, 6.45) is 4.76. The van der Waals surface area contributed by atoms with Crippen LogP contribution in [0.1, 0.15) is 23.2 Å². The number of carbonyl (C=O) groups excluding carboxylic acids is 1.